The molecule has 0 amide bonds. The van der Waals surface area contributed by atoms with E-state index in [0.29, 0.717) is 0 Å². The van der Waals surface area contributed by atoms with Gasteiger partial charge in [0.05, 0.1) is 0 Å². The smallest absolute Gasteiger partial charge is 0.233 e. The fourth-order valence-corrected chi connectivity index (χ4v) is 3.21. The lowest BCUT2D eigenvalue weighted by molar-refractivity contribution is 1.37. The highest BCUT2D eigenvalue weighted by molar-refractivity contribution is 7.98. The number of thioether (sulfide) groups is 1. The van der Waals surface area contributed by atoms with Gasteiger partial charge in [-0.15, -0.1) is 11.8 Å². The molecule has 1 nitrogen and oxygen atoms in total. The Labute approximate surface area is 103 Å². The molecule has 0 aliphatic heterocycles. The molecule has 1 heterocycles. The van der Waals surface area contributed by atoms with Gasteiger partial charge in [0.2, 0.25) is 4.74 Å². The third kappa shape index (κ3) is 3.22. The van der Waals surface area contributed by atoms with Gasteiger partial charge in [0, 0.05) is 21.6 Å². The zero-order chi connectivity index (χ0) is 11.4. The monoisotopic (exact) mass is 248 g/mol. The van der Waals surface area contributed by atoms with Gasteiger partial charge in [-0.25, -0.2) is 0 Å². The van der Waals surface area contributed by atoms with E-state index < -0.39 is 0 Å². The van der Waals surface area contributed by atoms with Crippen LogP contribution in [0.2, 0.25) is 0 Å². The summed E-state index contributed by atoms with van der Waals surface area (Å²) in [7, 11) is 0. The average Bonchev–Trinajstić information content (AvgIpc) is 2.27. The van der Waals surface area contributed by atoms with Gasteiger partial charge in [-0.3, -0.25) is 4.79 Å². The van der Waals surface area contributed by atoms with Crippen LogP contribution in [0.4, 0.5) is 0 Å². The van der Waals surface area contributed by atoms with Crippen molar-refractivity contribution in [3.8, 4) is 0 Å². The topological polar surface area (TPSA) is 17.1 Å². The summed E-state index contributed by atoms with van der Waals surface area (Å²) in [6, 6.07) is 14.1. The zero-order valence-corrected chi connectivity index (χ0v) is 10.6. The first kappa shape index (κ1) is 11.4. The molecule has 0 saturated carbocycles. The summed E-state index contributed by atoms with van der Waals surface area (Å²) in [5, 5.41) is 0. The molecule has 0 N–H and O–H groups in total. The molecule has 2 rings (SSSR count). The fourth-order valence-electron chi connectivity index (χ4n) is 1.40. The maximum Gasteiger partial charge on any atom is 0.233 e. The lowest BCUT2D eigenvalue weighted by Crippen LogP contribution is -1.92. The van der Waals surface area contributed by atoms with Crippen molar-refractivity contribution >= 4 is 23.1 Å². The molecule has 2 aromatic rings. The first-order chi connectivity index (χ1) is 7.74. The highest BCUT2D eigenvalue weighted by Gasteiger charge is 1.98. The van der Waals surface area contributed by atoms with Crippen LogP contribution in [0.1, 0.15) is 10.4 Å². The van der Waals surface area contributed by atoms with E-state index in [4.69, 9.17) is 0 Å². The Bertz CT molecular complexity index is 517. The van der Waals surface area contributed by atoms with Crippen LogP contribution in [0.15, 0.2) is 52.2 Å². The first-order valence-corrected chi connectivity index (χ1v) is 6.83. The molecule has 3 heteroatoms. The van der Waals surface area contributed by atoms with E-state index in [1.54, 1.807) is 17.8 Å². The third-order valence-corrected chi connectivity index (χ3v) is 3.92. The van der Waals surface area contributed by atoms with Crippen molar-refractivity contribution in [2.75, 3.05) is 0 Å². The minimum Gasteiger partial charge on any atom is -0.278 e. The number of benzene rings is 1. The van der Waals surface area contributed by atoms with E-state index in [-0.39, 0.29) is 4.74 Å². The number of hydrogen-bond donors (Lipinski definition) is 0. The Kier molecular flexibility index (Phi) is 3.80. The Morgan fingerprint density at radius 1 is 1.19 bits per heavy atom. The molecule has 0 fully saturated rings. The highest BCUT2D eigenvalue weighted by Crippen LogP contribution is 2.22. The quantitative estimate of drug-likeness (QED) is 0.770. The maximum absolute atomic E-state index is 11.3. The number of hydrogen-bond acceptors (Lipinski definition) is 3. The summed E-state index contributed by atoms with van der Waals surface area (Å²) < 4.78 is 0.135. The van der Waals surface area contributed by atoms with Crippen molar-refractivity contribution < 1.29 is 0 Å². The molecule has 1 aromatic heterocycles. The summed E-state index contributed by atoms with van der Waals surface area (Å²) in [5.74, 6) is 0.911. The Morgan fingerprint density at radius 2 is 1.94 bits per heavy atom. The van der Waals surface area contributed by atoms with E-state index in [1.807, 2.05) is 25.1 Å². The molecular weight excluding hydrogens is 236 g/mol. The minimum atomic E-state index is 0.135. The van der Waals surface area contributed by atoms with Gasteiger partial charge in [0.25, 0.3) is 0 Å². The number of rotatable bonds is 3. The number of aryl methyl sites for hydroxylation is 1. The minimum absolute atomic E-state index is 0.135. The Balaban J connectivity index is 2.08. The summed E-state index contributed by atoms with van der Waals surface area (Å²) in [4.78, 5) is 13.5. The summed E-state index contributed by atoms with van der Waals surface area (Å²) >= 11 is 3.01. The van der Waals surface area contributed by atoms with Crippen LogP contribution in [-0.4, -0.2) is 0 Å². The van der Waals surface area contributed by atoms with Gasteiger partial charge >= 0.3 is 0 Å². The zero-order valence-electron chi connectivity index (χ0n) is 8.97. The molecule has 82 valence electrons. The molecule has 0 unspecified atom stereocenters. The maximum atomic E-state index is 11.3. The van der Waals surface area contributed by atoms with E-state index >= 15 is 0 Å². The molecule has 0 spiro atoms. The second-order valence-electron chi connectivity index (χ2n) is 3.50. The second-order valence-corrected chi connectivity index (χ2v) is 5.80. The molecule has 0 bridgehead atoms. The summed E-state index contributed by atoms with van der Waals surface area (Å²) in [5.41, 5.74) is 1.28. The van der Waals surface area contributed by atoms with Crippen LogP contribution in [0.3, 0.4) is 0 Å². The van der Waals surface area contributed by atoms with E-state index in [9.17, 15) is 4.79 Å². The lowest BCUT2D eigenvalue weighted by Gasteiger charge is -2.01. The normalized spacial score (nSPS) is 10.3. The van der Waals surface area contributed by atoms with Crippen LogP contribution in [0, 0.1) is 6.92 Å². The lowest BCUT2D eigenvalue weighted by atomic mass is 10.2. The Morgan fingerprint density at radius 3 is 2.62 bits per heavy atom. The molecule has 0 atom stereocenters. The van der Waals surface area contributed by atoms with Crippen molar-refractivity contribution in [2.45, 2.75) is 17.6 Å². The molecule has 0 radical (unpaired) electrons. The summed E-state index contributed by atoms with van der Waals surface area (Å²) in [6.45, 7) is 1.97. The van der Waals surface area contributed by atoms with Gasteiger partial charge in [-0.1, -0.05) is 41.7 Å². The molecular formula is C13H12OS2. The molecule has 0 aliphatic carbocycles. The van der Waals surface area contributed by atoms with Crippen molar-refractivity contribution in [1.82, 2.24) is 0 Å². The predicted molar refractivity (Wildman–Crippen MR) is 71.3 cm³/mol. The fraction of sp³-hybridized carbons (Fsp3) is 0.154. The van der Waals surface area contributed by atoms with Crippen molar-refractivity contribution in [1.29, 1.82) is 0 Å². The van der Waals surface area contributed by atoms with Crippen LogP contribution in [-0.2, 0) is 5.75 Å². The molecule has 0 saturated heterocycles. The van der Waals surface area contributed by atoms with Crippen molar-refractivity contribution in [3.05, 3.63) is 62.4 Å². The second kappa shape index (κ2) is 5.32. The Hall–Kier alpha value is -1.06. The SMILES string of the molecule is Cc1cc(SCc2ccccc2)cc(=O)s1. The highest BCUT2D eigenvalue weighted by atomic mass is 32.2. The largest absolute Gasteiger partial charge is 0.278 e. The standard InChI is InChI=1S/C13H12OS2/c1-10-7-12(8-13(14)16-10)15-9-11-5-3-2-4-6-11/h2-8H,9H2,1H3. The van der Waals surface area contributed by atoms with Crippen LogP contribution in [0.5, 0.6) is 0 Å². The van der Waals surface area contributed by atoms with E-state index in [2.05, 4.69) is 18.2 Å². The van der Waals surface area contributed by atoms with E-state index in [1.165, 1.54) is 16.9 Å². The predicted octanol–water partition coefficient (Wildman–Crippen LogP) is 3.71. The average molecular weight is 248 g/mol. The molecule has 0 aliphatic rings. The van der Waals surface area contributed by atoms with Crippen LogP contribution in [0.25, 0.3) is 0 Å². The van der Waals surface area contributed by atoms with Crippen molar-refractivity contribution in [3.63, 3.8) is 0 Å². The van der Waals surface area contributed by atoms with Crippen molar-refractivity contribution in [2.24, 2.45) is 0 Å². The van der Waals surface area contributed by atoms with Gasteiger partial charge in [-0.05, 0) is 18.6 Å². The third-order valence-electron chi connectivity index (χ3n) is 2.12. The first-order valence-electron chi connectivity index (χ1n) is 5.02. The molecule has 16 heavy (non-hydrogen) atoms. The van der Waals surface area contributed by atoms with Crippen LogP contribution >= 0.6 is 23.1 Å². The van der Waals surface area contributed by atoms with Gasteiger partial charge in [-0.2, -0.15) is 0 Å². The van der Waals surface area contributed by atoms with E-state index in [0.717, 1.165) is 15.5 Å². The van der Waals surface area contributed by atoms with Crippen LogP contribution < -0.4 is 4.74 Å². The van der Waals surface area contributed by atoms with Gasteiger partial charge in [0.15, 0.2) is 0 Å². The molecule has 1 aromatic carbocycles. The van der Waals surface area contributed by atoms with Gasteiger partial charge in [0.1, 0.15) is 0 Å². The summed E-state index contributed by atoms with van der Waals surface area (Å²) in [6.07, 6.45) is 0. The van der Waals surface area contributed by atoms with Gasteiger partial charge < -0.3 is 0 Å².